The van der Waals surface area contributed by atoms with E-state index in [-0.39, 0.29) is 18.1 Å². The van der Waals surface area contributed by atoms with Crippen molar-refractivity contribution in [1.82, 2.24) is 10.2 Å². The Balaban J connectivity index is 1.83. The fraction of sp³-hybridized carbons (Fsp3) is 0.917. The van der Waals surface area contributed by atoms with Crippen LogP contribution in [0, 0.1) is 0 Å². The van der Waals surface area contributed by atoms with Gasteiger partial charge in [0.05, 0.1) is 13.2 Å². The number of carbonyl (C=O) groups is 1. The van der Waals surface area contributed by atoms with Crippen molar-refractivity contribution >= 4 is 6.03 Å². The molecule has 0 aromatic rings. The van der Waals surface area contributed by atoms with E-state index in [1.807, 2.05) is 4.90 Å². The summed E-state index contributed by atoms with van der Waals surface area (Å²) < 4.78 is 5.23. The van der Waals surface area contributed by atoms with Crippen molar-refractivity contribution in [2.45, 2.75) is 44.2 Å². The molecular formula is C12H23N3O2. The Hall–Kier alpha value is -0.810. The van der Waals surface area contributed by atoms with E-state index in [2.05, 4.69) is 5.32 Å². The molecule has 17 heavy (non-hydrogen) atoms. The first kappa shape index (κ1) is 12.6. The lowest BCUT2D eigenvalue weighted by Crippen LogP contribution is -2.53. The number of urea groups is 1. The second-order valence-corrected chi connectivity index (χ2v) is 4.96. The van der Waals surface area contributed by atoms with Gasteiger partial charge in [-0.05, 0) is 12.8 Å². The molecule has 3 N–H and O–H groups in total. The van der Waals surface area contributed by atoms with Gasteiger partial charge in [-0.1, -0.05) is 19.3 Å². The summed E-state index contributed by atoms with van der Waals surface area (Å²) in [6.07, 6.45) is 5.62. The van der Waals surface area contributed by atoms with Gasteiger partial charge in [0, 0.05) is 25.2 Å². The molecule has 0 spiro atoms. The van der Waals surface area contributed by atoms with Crippen molar-refractivity contribution in [3.8, 4) is 0 Å². The van der Waals surface area contributed by atoms with Crippen LogP contribution in [0.1, 0.15) is 32.1 Å². The topological polar surface area (TPSA) is 67.6 Å². The number of hydrogen-bond donors (Lipinski definition) is 2. The van der Waals surface area contributed by atoms with Crippen molar-refractivity contribution in [3.05, 3.63) is 0 Å². The van der Waals surface area contributed by atoms with Gasteiger partial charge in [0.2, 0.25) is 0 Å². The summed E-state index contributed by atoms with van der Waals surface area (Å²) in [6.45, 7) is 2.66. The maximum atomic E-state index is 12.0. The highest BCUT2D eigenvalue weighted by Gasteiger charge is 2.25. The van der Waals surface area contributed by atoms with Gasteiger partial charge in [-0.3, -0.25) is 0 Å². The quantitative estimate of drug-likeness (QED) is 0.664. The Kier molecular flexibility index (Phi) is 4.62. The first-order valence-corrected chi connectivity index (χ1v) is 6.66. The maximum Gasteiger partial charge on any atom is 0.317 e. The molecule has 1 saturated heterocycles. The van der Waals surface area contributed by atoms with Crippen LogP contribution in [0.2, 0.25) is 0 Å². The Morgan fingerprint density at radius 2 is 1.88 bits per heavy atom. The first-order chi connectivity index (χ1) is 8.27. The van der Waals surface area contributed by atoms with Gasteiger partial charge in [-0.25, -0.2) is 4.79 Å². The van der Waals surface area contributed by atoms with Crippen LogP contribution in [0.15, 0.2) is 0 Å². The molecule has 5 nitrogen and oxygen atoms in total. The summed E-state index contributed by atoms with van der Waals surface area (Å²) in [5.74, 6) is 0. The number of nitrogens with two attached hydrogens (primary N) is 1. The summed E-state index contributed by atoms with van der Waals surface area (Å²) in [5.41, 5.74) is 6.10. The van der Waals surface area contributed by atoms with Gasteiger partial charge in [0.15, 0.2) is 0 Å². The second-order valence-electron chi connectivity index (χ2n) is 4.96. The minimum atomic E-state index is 0.0238. The van der Waals surface area contributed by atoms with Crippen molar-refractivity contribution in [3.63, 3.8) is 0 Å². The monoisotopic (exact) mass is 241 g/mol. The van der Waals surface area contributed by atoms with Crippen LogP contribution in [0.3, 0.4) is 0 Å². The van der Waals surface area contributed by atoms with E-state index in [0.29, 0.717) is 26.3 Å². The van der Waals surface area contributed by atoms with Gasteiger partial charge in [0.1, 0.15) is 0 Å². The van der Waals surface area contributed by atoms with Crippen LogP contribution in [-0.4, -0.2) is 49.3 Å². The normalized spacial score (nSPS) is 30.8. The molecule has 2 atom stereocenters. The highest BCUT2D eigenvalue weighted by Crippen LogP contribution is 2.17. The molecule has 2 aliphatic rings. The van der Waals surface area contributed by atoms with Crippen LogP contribution >= 0.6 is 0 Å². The fourth-order valence-corrected chi connectivity index (χ4v) is 2.53. The molecule has 2 fully saturated rings. The van der Waals surface area contributed by atoms with E-state index in [0.717, 1.165) is 12.8 Å². The van der Waals surface area contributed by atoms with E-state index in [4.69, 9.17) is 10.5 Å². The average molecular weight is 241 g/mol. The summed E-state index contributed by atoms with van der Waals surface area (Å²) in [7, 11) is 0. The predicted molar refractivity (Wildman–Crippen MR) is 65.8 cm³/mol. The van der Waals surface area contributed by atoms with Crippen molar-refractivity contribution in [1.29, 1.82) is 0 Å². The number of amides is 2. The predicted octanol–water partition coefficient (Wildman–Crippen LogP) is 0.688. The van der Waals surface area contributed by atoms with Crippen molar-refractivity contribution < 1.29 is 9.53 Å². The van der Waals surface area contributed by atoms with Gasteiger partial charge in [-0.15, -0.1) is 0 Å². The third-order valence-electron chi connectivity index (χ3n) is 3.68. The number of rotatable bonds is 1. The number of nitrogens with zero attached hydrogens (tertiary/aromatic N) is 1. The van der Waals surface area contributed by atoms with E-state index in [1.54, 1.807) is 0 Å². The van der Waals surface area contributed by atoms with Gasteiger partial charge < -0.3 is 20.7 Å². The fourth-order valence-electron chi connectivity index (χ4n) is 2.53. The Labute approximate surface area is 103 Å². The zero-order valence-electron chi connectivity index (χ0n) is 10.4. The van der Waals surface area contributed by atoms with Crippen molar-refractivity contribution in [2.75, 3.05) is 26.3 Å². The summed E-state index contributed by atoms with van der Waals surface area (Å²) >= 11 is 0. The first-order valence-electron chi connectivity index (χ1n) is 6.66. The number of morpholine rings is 1. The van der Waals surface area contributed by atoms with E-state index >= 15 is 0 Å². The summed E-state index contributed by atoms with van der Waals surface area (Å²) in [4.78, 5) is 13.8. The lowest BCUT2D eigenvalue weighted by atomic mass is 10.0. The number of hydrogen-bond acceptors (Lipinski definition) is 3. The van der Waals surface area contributed by atoms with Crippen LogP contribution in [-0.2, 0) is 4.74 Å². The molecule has 1 heterocycles. The van der Waals surface area contributed by atoms with Gasteiger partial charge in [0.25, 0.3) is 0 Å². The molecule has 0 aromatic heterocycles. The largest absolute Gasteiger partial charge is 0.378 e. The molecule has 0 bridgehead atoms. The zero-order valence-corrected chi connectivity index (χ0v) is 10.4. The minimum absolute atomic E-state index is 0.0238. The average Bonchev–Trinajstić information content (AvgIpc) is 2.56. The lowest BCUT2D eigenvalue weighted by Gasteiger charge is -2.30. The number of carbonyl (C=O) groups excluding carboxylic acids is 1. The maximum absolute atomic E-state index is 12.0. The van der Waals surface area contributed by atoms with E-state index in [1.165, 1.54) is 19.3 Å². The van der Waals surface area contributed by atoms with Gasteiger partial charge in [-0.2, -0.15) is 0 Å². The van der Waals surface area contributed by atoms with Crippen molar-refractivity contribution in [2.24, 2.45) is 5.73 Å². The number of ether oxygens (including phenoxy) is 1. The molecule has 0 aromatic carbocycles. The molecule has 2 rings (SSSR count). The molecule has 0 radical (unpaired) electrons. The Morgan fingerprint density at radius 1 is 1.18 bits per heavy atom. The molecule has 1 aliphatic heterocycles. The SMILES string of the molecule is NC1CCCCCC1NC(=O)N1CCOCC1. The van der Waals surface area contributed by atoms with Crippen LogP contribution in [0.4, 0.5) is 4.79 Å². The molecule has 2 amide bonds. The third kappa shape index (κ3) is 3.57. The smallest absolute Gasteiger partial charge is 0.317 e. The molecule has 98 valence electrons. The third-order valence-corrected chi connectivity index (χ3v) is 3.68. The molecule has 1 saturated carbocycles. The van der Waals surface area contributed by atoms with Crippen LogP contribution < -0.4 is 11.1 Å². The standard InChI is InChI=1S/C12H23N3O2/c13-10-4-2-1-3-5-11(10)14-12(16)15-6-8-17-9-7-15/h10-11H,1-9,13H2,(H,14,16). The minimum Gasteiger partial charge on any atom is -0.378 e. The summed E-state index contributed by atoms with van der Waals surface area (Å²) in [6, 6.07) is 0.283. The highest BCUT2D eigenvalue weighted by molar-refractivity contribution is 5.74. The molecule has 1 aliphatic carbocycles. The zero-order chi connectivity index (χ0) is 12.1. The Bertz CT molecular complexity index is 254. The van der Waals surface area contributed by atoms with E-state index < -0.39 is 0 Å². The summed E-state index contributed by atoms with van der Waals surface area (Å²) in [5, 5.41) is 3.08. The molecule has 5 heteroatoms. The second kappa shape index (κ2) is 6.21. The molecular weight excluding hydrogens is 218 g/mol. The van der Waals surface area contributed by atoms with Gasteiger partial charge >= 0.3 is 6.03 Å². The van der Waals surface area contributed by atoms with Crippen LogP contribution in [0.25, 0.3) is 0 Å². The lowest BCUT2D eigenvalue weighted by molar-refractivity contribution is 0.0522. The van der Waals surface area contributed by atoms with E-state index in [9.17, 15) is 4.79 Å². The Morgan fingerprint density at radius 3 is 2.65 bits per heavy atom. The van der Waals surface area contributed by atoms with Crippen LogP contribution in [0.5, 0.6) is 0 Å². The highest BCUT2D eigenvalue weighted by atomic mass is 16.5. The number of nitrogens with one attached hydrogen (secondary N) is 1. The molecule has 2 unspecified atom stereocenters.